The first kappa shape index (κ1) is 13.0. The smallest absolute Gasteiger partial charge is 0.335 e. The fraction of sp³-hybridized carbons (Fsp3) is 0.417. The first-order valence-electron chi connectivity index (χ1n) is 5.10. The van der Waals surface area contributed by atoms with Crippen LogP contribution in [0.4, 0.5) is 4.39 Å². The number of rotatable bonds is 5. The van der Waals surface area contributed by atoms with Gasteiger partial charge in [0.25, 0.3) is 0 Å². The summed E-state index contributed by atoms with van der Waals surface area (Å²) in [5, 5.41) is 8.68. The van der Waals surface area contributed by atoms with Crippen molar-refractivity contribution < 1.29 is 14.3 Å². The van der Waals surface area contributed by atoms with Gasteiger partial charge in [-0.25, -0.2) is 9.18 Å². The minimum absolute atomic E-state index is 0.00453. The molecule has 0 aliphatic carbocycles. The van der Waals surface area contributed by atoms with Crippen molar-refractivity contribution in [3.8, 4) is 0 Å². The van der Waals surface area contributed by atoms with Gasteiger partial charge in [0.2, 0.25) is 0 Å². The number of carboxylic acids is 1. The number of halogens is 1. The normalized spacial score (nSPS) is 10.8. The average molecular weight is 242 g/mol. The van der Waals surface area contributed by atoms with E-state index >= 15 is 0 Å². The minimum Gasteiger partial charge on any atom is -0.478 e. The van der Waals surface area contributed by atoms with Crippen LogP contribution in [0.25, 0.3) is 0 Å². The number of benzene rings is 1. The van der Waals surface area contributed by atoms with Gasteiger partial charge in [-0.1, -0.05) is 19.9 Å². The van der Waals surface area contributed by atoms with Crippen molar-refractivity contribution in [2.24, 2.45) is 5.92 Å². The van der Waals surface area contributed by atoms with E-state index in [0.717, 1.165) is 11.8 Å². The van der Waals surface area contributed by atoms with Gasteiger partial charge in [-0.3, -0.25) is 0 Å². The maximum Gasteiger partial charge on any atom is 0.335 e. The van der Waals surface area contributed by atoms with Gasteiger partial charge in [0, 0.05) is 5.75 Å². The number of aromatic carboxylic acids is 1. The highest BCUT2D eigenvalue weighted by Gasteiger charge is 2.08. The van der Waals surface area contributed by atoms with Crippen molar-refractivity contribution in [2.75, 3.05) is 5.75 Å². The van der Waals surface area contributed by atoms with Crippen LogP contribution < -0.4 is 0 Å². The lowest BCUT2D eigenvalue weighted by atomic mass is 10.1. The molecule has 0 amide bonds. The topological polar surface area (TPSA) is 37.3 Å². The molecule has 0 radical (unpaired) electrons. The van der Waals surface area contributed by atoms with E-state index < -0.39 is 11.8 Å². The zero-order chi connectivity index (χ0) is 12.1. The van der Waals surface area contributed by atoms with E-state index in [-0.39, 0.29) is 5.56 Å². The highest BCUT2D eigenvalue weighted by Crippen LogP contribution is 2.19. The first-order chi connectivity index (χ1) is 7.50. The van der Waals surface area contributed by atoms with Crippen molar-refractivity contribution in [2.45, 2.75) is 19.6 Å². The number of hydrogen-bond acceptors (Lipinski definition) is 2. The Morgan fingerprint density at radius 2 is 2.19 bits per heavy atom. The third-order valence-electron chi connectivity index (χ3n) is 2.01. The summed E-state index contributed by atoms with van der Waals surface area (Å²) in [6.07, 6.45) is 0. The molecule has 1 aromatic carbocycles. The van der Waals surface area contributed by atoms with E-state index in [4.69, 9.17) is 5.11 Å². The summed E-state index contributed by atoms with van der Waals surface area (Å²) in [5.41, 5.74) is 0.561. The highest BCUT2D eigenvalue weighted by atomic mass is 32.2. The van der Waals surface area contributed by atoms with E-state index in [1.807, 2.05) is 0 Å². The number of hydrogen-bond donors (Lipinski definition) is 1. The van der Waals surface area contributed by atoms with Crippen molar-refractivity contribution >= 4 is 17.7 Å². The van der Waals surface area contributed by atoms with Gasteiger partial charge < -0.3 is 5.11 Å². The molecule has 0 aliphatic heterocycles. The lowest BCUT2D eigenvalue weighted by Gasteiger charge is -2.06. The summed E-state index contributed by atoms with van der Waals surface area (Å²) in [5.74, 6) is 0.604. The fourth-order valence-corrected chi connectivity index (χ4v) is 2.25. The predicted octanol–water partition coefficient (Wildman–Crippen LogP) is 3.41. The lowest BCUT2D eigenvalue weighted by Crippen LogP contribution is -1.99. The highest BCUT2D eigenvalue weighted by molar-refractivity contribution is 7.98. The molecule has 16 heavy (non-hydrogen) atoms. The van der Waals surface area contributed by atoms with Crippen LogP contribution in [0.3, 0.4) is 0 Å². The SMILES string of the molecule is CC(C)CSCc1ccc(C(=O)O)cc1F. The van der Waals surface area contributed by atoms with E-state index in [2.05, 4.69) is 13.8 Å². The Hall–Kier alpha value is -1.03. The van der Waals surface area contributed by atoms with E-state index in [1.54, 1.807) is 17.8 Å². The largest absolute Gasteiger partial charge is 0.478 e. The van der Waals surface area contributed by atoms with Crippen LogP contribution in [-0.4, -0.2) is 16.8 Å². The van der Waals surface area contributed by atoms with Crippen LogP contribution in [-0.2, 0) is 5.75 Å². The lowest BCUT2D eigenvalue weighted by molar-refractivity contribution is 0.0696. The molecule has 4 heteroatoms. The fourth-order valence-electron chi connectivity index (χ4n) is 1.20. The summed E-state index contributed by atoms with van der Waals surface area (Å²) in [6.45, 7) is 4.22. The van der Waals surface area contributed by atoms with Crippen LogP contribution in [0.2, 0.25) is 0 Å². The molecule has 88 valence electrons. The molecule has 0 heterocycles. The van der Waals surface area contributed by atoms with Crippen molar-refractivity contribution in [1.82, 2.24) is 0 Å². The maximum absolute atomic E-state index is 13.5. The van der Waals surface area contributed by atoms with Crippen LogP contribution in [0.15, 0.2) is 18.2 Å². The summed E-state index contributed by atoms with van der Waals surface area (Å²) < 4.78 is 13.5. The molecule has 1 N–H and O–H groups in total. The van der Waals surface area contributed by atoms with E-state index in [1.165, 1.54) is 6.07 Å². The summed E-state index contributed by atoms with van der Waals surface area (Å²) >= 11 is 1.66. The predicted molar refractivity (Wildman–Crippen MR) is 64.4 cm³/mol. The zero-order valence-corrected chi connectivity index (χ0v) is 10.2. The number of carboxylic acid groups (broad SMARTS) is 1. The van der Waals surface area contributed by atoms with Crippen molar-refractivity contribution in [3.63, 3.8) is 0 Å². The Labute approximate surface area is 98.9 Å². The van der Waals surface area contributed by atoms with Crippen molar-refractivity contribution in [3.05, 3.63) is 35.1 Å². The third kappa shape index (κ3) is 3.85. The summed E-state index contributed by atoms with van der Waals surface area (Å²) in [7, 11) is 0. The molecule has 0 aromatic heterocycles. The molecule has 0 aliphatic rings. The Kier molecular flexibility index (Phi) is 4.80. The van der Waals surface area contributed by atoms with E-state index in [0.29, 0.717) is 17.2 Å². The Balaban J connectivity index is 2.64. The van der Waals surface area contributed by atoms with Crippen LogP contribution >= 0.6 is 11.8 Å². The zero-order valence-electron chi connectivity index (χ0n) is 9.37. The van der Waals surface area contributed by atoms with Crippen LogP contribution in [0, 0.1) is 11.7 Å². The van der Waals surface area contributed by atoms with E-state index in [9.17, 15) is 9.18 Å². The molecule has 0 saturated heterocycles. The Morgan fingerprint density at radius 1 is 1.50 bits per heavy atom. The van der Waals surface area contributed by atoms with Gasteiger partial charge in [0.05, 0.1) is 5.56 Å². The Morgan fingerprint density at radius 3 is 2.69 bits per heavy atom. The third-order valence-corrected chi connectivity index (χ3v) is 3.43. The quantitative estimate of drug-likeness (QED) is 0.859. The van der Waals surface area contributed by atoms with Gasteiger partial charge in [-0.05, 0) is 29.4 Å². The molecule has 0 fully saturated rings. The standard InChI is InChI=1S/C12H15FO2S/c1-8(2)6-16-7-10-4-3-9(12(14)15)5-11(10)13/h3-5,8H,6-7H2,1-2H3,(H,14,15). The maximum atomic E-state index is 13.5. The van der Waals surface area contributed by atoms with Crippen LogP contribution in [0.5, 0.6) is 0 Å². The molecule has 0 spiro atoms. The van der Waals surface area contributed by atoms with Gasteiger partial charge >= 0.3 is 5.97 Å². The monoisotopic (exact) mass is 242 g/mol. The molecule has 0 atom stereocenters. The number of carbonyl (C=O) groups is 1. The molecule has 1 aromatic rings. The van der Waals surface area contributed by atoms with Gasteiger partial charge in [-0.2, -0.15) is 11.8 Å². The molecule has 0 saturated carbocycles. The summed E-state index contributed by atoms with van der Waals surface area (Å²) in [4.78, 5) is 10.6. The second kappa shape index (κ2) is 5.89. The molecular formula is C12H15FO2S. The van der Waals surface area contributed by atoms with Crippen molar-refractivity contribution in [1.29, 1.82) is 0 Å². The van der Waals surface area contributed by atoms with Gasteiger partial charge in [0.1, 0.15) is 5.82 Å². The van der Waals surface area contributed by atoms with Gasteiger partial charge in [0.15, 0.2) is 0 Å². The minimum atomic E-state index is -1.10. The summed E-state index contributed by atoms with van der Waals surface area (Å²) in [6, 6.07) is 4.07. The molecule has 1 rings (SSSR count). The molecular weight excluding hydrogens is 227 g/mol. The number of thioether (sulfide) groups is 1. The van der Waals surface area contributed by atoms with Gasteiger partial charge in [-0.15, -0.1) is 0 Å². The molecule has 0 unspecified atom stereocenters. The Bertz CT molecular complexity index is 377. The molecule has 0 bridgehead atoms. The first-order valence-corrected chi connectivity index (χ1v) is 6.25. The van der Waals surface area contributed by atoms with Crippen LogP contribution in [0.1, 0.15) is 29.8 Å². The molecule has 2 nitrogen and oxygen atoms in total. The second-order valence-electron chi connectivity index (χ2n) is 4.02. The second-order valence-corrected chi connectivity index (χ2v) is 5.05. The average Bonchev–Trinajstić information content (AvgIpc) is 2.19.